The molecule has 0 aliphatic carbocycles. The van der Waals surface area contributed by atoms with Gasteiger partial charge in [0.05, 0.1) is 10.6 Å². The molecule has 0 bridgehead atoms. The summed E-state index contributed by atoms with van der Waals surface area (Å²) in [5.74, 6) is 0. The van der Waals surface area contributed by atoms with E-state index in [0.717, 1.165) is 12.8 Å². The van der Waals surface area contributed by atoms with E-state index >= 15 is 0 Å². The first kappa shape index (κ1) is 17.3. The van der Waals surface area contributed by atoms with Crippen LogP contribution in [-0.2, 0) is 0 Å². The smallest absolute Gasteiger partial charge is 0.319 e. The van der Waals surface area contributed by atoms with Gasteiger partial charge in [0.1, 0.15) is 6.07 Å². The Hall–Kier alpha value is -1.77. The summed E-state index contributed by atoms with van der Waals surface area (Å²) in [6.07, 6.45) is 1.61. The fourth-order valence-electron chi connectivity index (χ4n) is 1.71. The molecule has 1 aromatic rings. The number of halogens is 1. The first-order valence-corrected chi connectivity index (χ1v) is 7.11. The first-order valence-electron chi connectivity index (χ1n) is 6.73. The van der Waals surface area contributed by atoms with Crippen molar-refractivity contribution in [1.29, 1.82) is 5.26 Å². The zero-order chi connectivity index (χ0) is 15.9. The molecular weight excluding hydrogens is 290 g/mol. The van der Waals surface area contributed by atoms with Crippen LogP contribution in [0, 0.1) is 16.7 Å². The third-order valence-corrected chi connectivity index (χ3v) is 3.40. The molecule has 1 aromatic carbocycles. The van der Waals surface area contributed by atoms with Crippen LogP contribution in [0.5, 0.6) is 0 Å². The molecule has 0 aliphatic heterocycles. The van der Waals surface area contributed by atoms with Gasteiger partial charge in [-0.15, -0.1) is 0 Å². The SMILES string of the molecule is CC(C)(CO)CCCNC(=O)Nc1ccc(C#N)c(Cl)c1. The van der Waals surface area contributed by atoms with Crippen LogP contribution in [0.3, 0.4) is 0 Å². The van der Waals surface area contributed by atoms with E-state index in [-0.39, 0.29) is 18.1 Å². The molecule has 3 N–H and O–H groups in total. The number of amides is 2. The second-order valence-corrected chi connectivity index (χ2v) is 6.02. The average Bonchev–Trinajstić information content (AvgIpc) is 2.44. The lowest BCUT2D eigenvalue weighted by Crippen LogP contribution is -2.30. The summed E-state index contributed by atoms with van der Waals surface area (Å²) in [5.41, 5.74) is 0.778. The number of rotatable bonds is 6. The van der Waals surface area contributed by atoms with E-state index in [4.69, 9.17) is 22.0 Å². The maximum Gasteiger partial charge on any atom is 0.319 e. The molecule has 0 saturated carbocycles. The number of carbonyl (C=O) groups excluding carboxylic acids is 1. The van der Waals surface area contributed by atoms with Gasteiger partial charge in [-0.1, -0.05) is 25.4 Å². The van der Waals surface area contributed by atoms with Gasteiger partial charge in [-0.3, -0.25) is 0 Å². The molecule has 0 atom stereocenters. The molecule has 0 fully saturated rings. The van der Waals surface area contributed by atoms with Crippen molar-refractivity contribution in [2.24, 2.45) is 5.41 Å². The molecule has 0 heterocycles. The monoisotopic (exact) mass is 309 g/mol. The number of aliphatic hydroxyl groups excluding tert-OH is 1. The Morgan fingerprint density at radius 2 is 2.19 bits per heavy atom. The lowest BCUT2D eigenvalue weighted by Gasteiger charge is -2.21. The number of benzene rings is 1. The Bertz CT molecular complexity index is 538. The minimum Gasteiger partial charge on any atom is -0.396 e. The standard InChI is InChI=1S/C15H20ClN3O2/c1-15(2,10-20)6-3-7-18-14(21)19-12-5-4-11(9-17)13(16)8-12/h4-5,8,20H,3,6-7,10H2,1-2H3,(H2,18,19,21). The molecule has 6 heteroatoms. The van der Waals surface area contributed by atoms with E-state index in [0.29, 0.717) is 22.8 Å². The highest BCUT2D eigenvalue weighted by molar-refractivity contribution is 6.32. The highest BCUT2D eigenvalue weighted by Crippen LogP contribution is 2.21. The van der Waals surface area contributed by atoms with E-state index < -0.39 is 0 Å². The number of hydrogen-bond acceptors (Lipinski definition) is 3. The maximum atomic E-state index is 11.7. The van der Waals surface area contributed by atoms with Crippen molar-refractivity contribution in [3.63, 3.8) is 0 Å². The zero-order valence-electron chi connectivity index (χ0n) is 12.2. The van der Waals surface area contributed by atoms with Gasteiger partial charge in [0, 0.05) is 18.8 Å². The van der Waals surface area contributed by atoms with Crippen LogP contribution >= 0.6 is 11.6 Å². The molecule has 0 radical (unpaired) electrons. The summed E-state index contributed by atoms with van der Waals surface area (Å²) < 4.78 is 0. The number of aliphatic hydroxyl groups is 1. The molecular formula is C15H20ClN3O2. The number of nitrogens with one attached hydrogen (secondary N) is 2. The Morgan fingerprint density at radius 1 is 1.48 bits per heavy atom. The Balaban J connectivity index is 2.38. The molecule has 0 aromatic heterocycles. The topological polar surface area (TPSA) is 85.2 Å². The van der Waals surface area contributed by atoms with Crippen LogP contribution in [0.1, 0.15) is 32.3 Å². The van der Waals surface area contributed by atoms with Crippen LogP contribution in [0.4, 0.5) is 10.5 Å². The molecule has 5 nitrogen and oxygen atoms in total. The minimum absolute atomic E-state index is 0.126. The Kier molecular flexibility index (Phi) is 6.47. The summed E-state index contributed by atoms with van der Waals surface area (Å²) >= 11 is 5.89. The summed E-state index contributed by atoms with van der Waals surface area (Å²) in [6, 6.07) is 6.35. The van der Waals surface area contributed by atoms with Crippen LogP contribution < -0.4 is 10.6 Å². The molecule has 0 saturated heterocycles. The van der Waals surface area contributed by atoms with Crippen LogP contribution in [0.2, 0.25) is 5.02 Å². The molecule has 0 aliphatic rings. The molecule has 21 heavy (non-hydrogen) atoms. The van der Waals surface area contributed by atoms with Gasteiger partial charge in [-0.05, 0) is 36.5 Å². The van der Waals surface area contributed by atoms with Gasteiger partial charge >= 0.3 is 6.03 Å². The van der Waals surface area contributed by atoms with Gasteiger partial charge < -0.3 is 15.7 Å². The Labute approximate surface area is 129 Å². The summed E-state index contributed by atoms with van der Waals surface area (Å²) in [4.78, 5) is 11.7. The van der Waals surface area contributed by atoms with Crippen molar-refractivity contribution in [3.8, 4) is 6.07 Å². The van der Waals surface area contributed by atoms with Crippen LogP contribution in [0.25, 0.3) is 0 Å². The second kappa shape index (κ2) is 7.87. The van der Waals surface area contributed by atoms with E-state index in [1.165, 1.54) is 6.07 Å². The van der Waals surface area contributed by atoms with E-state index in [2.05, 4.69) is 10.6 Å². The van der Waals surface area contributed by atoms with E-state index in [9.17, 15) is 4.79 Å². The third-order valence-electron chi connectivity index (χ3n) is 3.09. The predicted octanol–water partition coefficient (Wildman–Crippen LogP) is 3.13. The summed E-state index contributed by atoms with van der Waals surface area (Å²) in [6.45, 7) is 4.61. The zero-order valence-corrected chi connectivity index (χ0v) is 13.0. The van der Waals surface area contributed by atoms with Crippen molar-refractivity contribution >= 4 is 23.3 Å². The highest BCUT2D eigenvalue weighted by Gasteiger charge is 2.15. The lowest BCUT2D eigenvalue weighted by molar-refractivity contribution is 0.148. The molecule has 0 unspecified atom stereocenters. The van der Waals surface area contributed by atoms with E-state index in [1.807, 2.05) is 19.9 Å². The van der Waals surface area contributed by atoms with Crippen molar-refractivity contribution in [1.82, 2.24) is 5.32 Å². The van der Waals surface area contributed by atoms with Gasteiger partial charge in [-0.2, -0.15) is 5.26 Å². The number of nitrogens with zero attached hydrogens (tertiary/aromatic N) is 1. The van der Waals surface area contributed by atoms with E-state index in [1.54, 1.807) is 12.1 Å². The van der Waals surface area contributed by atoms with Crippen molar-refractivity contribution in [3.05, 3.63) is 28.8 Å². The molecule has 0 spiro atoms. The Morgan fingerprint density at radius 3 is 2.76 bits per heavy atom. The third kappa shape index (κ3) is 6.03. The molecule has 114 valence electrons. The van der Waals surface area contributed by atoms with Gasteiger partial charge in [0.25, 0.3) is 0 Å². The second-order valence-electron chi connectivity index (χ2n) is 5.61. The number of anilines is 1. The quantitative estimate of drug-likeness (QED) is 0.706. The molecule has 2 amide bonds. The first-order chi connectivity index (χ1) is 9.88. The average molecular weight is 310 g/mol. The number of hydrogen-bond donors (Lipinski definition) is 3. The van der Waals surface area contributed by atoms with Crippen molar-refractivity contribution < 1.29 is 9.90 Å². The van der Waals surface area contributed by atoms with Crippen molar-refractivity contribution in [2.75, 3.05) is 18.5 Å². The van der Waals surface area contributed by atoms with Gasteiger partial charge in [0.15, 0.2) is 0 Å². The van der Waals surface area contributed by atoms with Crippen LogP contribution in [-0.4, -0.2) is 24.3 Å². The maximum absolute atomic E-state index is 11.7. The largest absolute Gasteiger partial charge is 0.396 e. The summed E-state index contributed by atoms with van der Waals surface area (Å²) in [5, 5.41) is 23.6. The fourth-order valence-corrected chi connectivity index (χ4v) is 1.93. The number of nitriles is 1. The highest BCUT2D eigenvalue weighted by atomic mass is 35.5. The summed E-state index contributed by atoms with van der Waals surface area (Å²) in [7, 11) is 0. The number of urea groups is 1. The number of carbonyl (C=O) groups is 1. The fraction of sp³-hybridized carbons (Fsp3) is 0.467. The predicted molar refractivity (Wildman–Crippen MR) is 83.3 cm³/mol. The minimum atomic E-state index is -0.322. The lowest BCUT2D eigenvalue weighted by atomic mass is 9.89. The van der Waals surface area contributed by atoms with Gasteiger partial charge in [0.2, 0.25) is 0 Å². The van der Waals surface area contributed by atoms with Gasteiger partial charge in [-0.25, -0.2) is 4.79 Å². The molecule has 1 rings (SSSR count). The normalized spacial score (nSPS) is 10.8. The van der Waals surface area contributed by atoms with Crippen LogP contribution in [0.15, 0.2) is 18.2 Å². The van der Waals surface area contributed by atoms with Crippen molar-refractivity contribution in [2.45, 2.75) is 26.7 Å².